The lowest BCUT2D eigenvalue weighted by atomic mass is 10.1. The van der Waals surface area contributed by atoms with Crippen molar-refractivity contribution < 1.29 is 14.6 Å². The van der Waals surface area contributed by atoms with E-state index in [2.05, 4.69) is 4.98 Å². The molecule has 1 amide bonds. The summed E-state index contributed by atoms with van der Waals surface area (Å²) in [6.07, 6.45) is 1.55. The Morgan fingerprint density at radius 3 is 2.58 bits per heavy atom. The highest BCUT2D eigenvalue weighted by Gasteiger charge is 2.14. The van der Waals surface area contributed by atoms with Gasteiger partial charge in [-0.15, -0.1) is 0 Å². The van der Waals surface area contributed by atoms with E-state index in [-0.39, 0.29) is 18.1 Å². The molecule has 0 radical (unpaired) electrons. The van der Waals surface area contributed by atoms with Gasteiger partial charge < -0.3 is 15.6 Å². The van der Waals surface area contributed by atoms with Crippen LogP contribution in [0.5, 0.6) is 11.6 Å². The van der Waals surface area contributed by atoms with Crippen molar-refractivity contribution in [2.45, 2.75) is 13.5 Å². The first-order valence-electron chi connectivity index (χ1n) is 5.75. The number of primary amides is 1. The van der Waals surface area contributed by atoms with E-state index < -0.39 is 5.91 Å². The van der Waals surface area contributed by atoms with Crippen molar-refractivity contribution in [1.82, 2.24) is 4.98 Å². The fourth-order valence-corrected chi connectivity index (χ4v) is 1.68. The summed E-state index contributed by atoms with van der Waals surface area (Å²) in [4.78, 5) is 15.4. The SMILES string of the molecule is Cc1ccnc(Oc2ccc(CO)cc2)c1C(N)=O. The smallest absolute Gasteiger partial charge is 0.254 e. The summed E-state index contributed by atoms with van der Waals surface area (Å²) in [6, 6.07) is 8.55. The number of nitrogens with zero attached hydrogens (tertiary/aromatic N) is 1. The number of benzene rings is 1. The molecule has 0 bridgehead atoms. The molecule has 98 valence electrons. The van der Waals surface area contributed by atoms with E-state index in [0.717, 1.165) is 5.56 Å². The van der Waals surface area contributed by atoms with Crippen molar-refractivity contribution in [3.05, 3.63) is 53.2 Å². The molecule has 1 aromatic heterocycles. The average molecular weight is 258 g/mol. The van der Waals surface area contributed by atoms with E-state index in [1.165, 1.54) is 0 Å². The molecule has 0 atom stereocenters. The van der Waals surface area contributed by atoms with Gasteiger partial charge >= 0.3 is 0 Å². The summed E-state index contributed by atoms with van der Waals surface area (Å²) < 4.78 is 5.56. The molecular formula is C14H14N2O3. The second-order valence-electron chi connectivity index (χ2n) is 4.08. The third-order valence-corrected chi connectivity index (χ3v) is 2.69. The van der Waals surface area contributed by atoms with E-state index in [1.807, 2.05) is 0 Å². The quantitative estimate of drug-likeness (QED) is 0.875. The molecule has 0 aliphatic carbocycles. The first-order valence-corrected chi connectivity index (χ1v) is 5.75. The number of hydrogen-bond acceptors (Lipinski definition) is 4. The fraction of sp³-hybridized carbons (Fsp3) is 0.143. The summed E-state index contributed by atoms with van der Waals surface area (Å²) in [5.74, 6) is 0.134. The molecule has 2 rings (SSSR count). The Kier molecular flexibility index (Phi) is 3.77. The first-order chi connectivity index (χ1) is 9.11. The summed E-state index contributed by atoms with van der Waals surface area (Å²) in [7, 11) is 0. The normalized spacial score (nSPS) is 10.2. The maximum atomic E-state index is 11.4. The van der Waals surface area contributed by atoms with Crippen LogP contribution in [0.1, 0.15) is 21.5 Å². The molecule has 5 heteroatoms. The summed E-state index contributed by atoms with van der Waals surface area (Å²) >= 11 is 0. The zero-order valence-electron chi connectivity index (χ0n) is 10.5. The molecule has 2 aromatic rings. The molecule has 5 nitrogen and oxygen atoms in total. The second kappa shape index (κ2) is 5.49. The van der Waals surface area contributed by atoms with E-state index in [9.17, 15) is 4.79 Å². The number of aliphatic hydroxyl groups excluding tert-OH is 1. The lowest BCUT2D eigenvalue weighted by Gasteiger charge is -2.10. The zero-order chi connectivity index (χ0) is 13.8. The molecule has 0 saturated carbocycles. The highest BCUT2D eigenvalue weighted by molar-refractivity contribution is 5.96. The number of aliphatic hydroxyl groups is 1. The van der Waals surface area contributed by atoms with Gasteiger partial charge in [0.2, 0.25) is 5.88 Å². The maximum absolute atomic E-state index is 11.4. The number of carbonyl (C=O) groups is 1. The standard InChI is InChI=1S/C14H14N2O3/c1-9-6-7-16-14(12(9)13(15)18)19-11-4-2-10(8-17)3-5-11/h2-7,17H,8H2,1H3,(H2,15,18). The minimum Gasteiger partial charge on any atom is -0.438 e. The van der Waals surface area contributed by atoms with Gasteiger partial charge in [0.15, 0.2) is 0 Å². The van der Waals surface area contributed by atoms with Crippen molar-refractivity contribution in [3.8, 4) is 11.6 Å². The lowest BCUT2D eigenvalue weighted by Crippen LogP contribution is -2.14. The molecular weight excluding hydrogens is 244 g/mol. The highest BCUT2D eigenvalue weighted by atomic mass is 16.5. The van der Waals surface area contributed by atoms with Gasteiger partial charge in [0.25, 0.3) is 5.91 Å². The summed E-state index contributed by atoms with van der Waals surface area (Å²) in [5, 5.41) is 8.96. The van der Waals surface area contributed by atoms with Gasteiger partial charge in [0, 0.05) is 6.20 Å². The van der Waals surface area contributed by atoms with E-state index >= 15 is 0 Å². The molecule has 0 aliphatic heterocycles. The van der Waals surface area contributed by atoms with Crippen LogP contribution in [-0.4, -0.2) is 16.0 Å². The number of aryl methyl sites for hydroxylation is 1. The molecule has 19 heavy (non-hydrogen) atoms. The maximum Gasteiger partial charge on any atom is 0.254 e. The zero-order valence-corrected chi connectivity index (χ0v) is 10.5. The first kappa shape index (κ1) is 13.0. The van der Waals surface area contributed by atoms with Crippen molar-refractivity contribution in [2.75, 3.05) is 0 Å². The predicted molar refractivity (Wildman–Crippen MR) is 69.9 cm³/mol. The van der Waals surface area contributed by atoms with Crippen LogP contribution in [0, 0.1) is 6.92 Å². The molecule has 0 spiro atoms. The Bertz CT molecular complexity index is 594. The number of amides is 1. The Hall–Kier alpha value is -2.40. The lowest BCUT2D eigenvalue weighted by molar-refractivity contribution is 0.0997. The van der Waals surface area contributed by atoms with Gasteiger partial charge in [-0.1, -0.05) is 12.1 Å². The van der Waals surface area contributed by atoms with Gasteiger partial charge in [0.05, 0.1) is 6.61 Å². The molecule has 1 aromatic carbocycles. The minimum atomic E-state index is -0.576. The highest BCUT2D eigenvalue weighted by Crippen LogP contribution is 2.25. The van der Waals surface area contributed by atoms with Crippen molar-refractivity contribution in [2.24, 2.45) is 5.73 Å². The van der Waals surface area contributed by atoms with E-state index in [1.54, 1.807) is 43.5 Å². The van der Waals surface area contributed by atoms with Gasteiger partial charge in [-0.3, -0.25) is 4.79 Å². The Morgan fingerprint density at radius 2 is 2.00 bits per heavy atom. The topological polar surface area (TPSA) is 85.4 Å². The van der Waals surface area contributed by atoms with Gasteiger partial charge in [-0.2, -0.15) is 0 Å². The Labute approximate surface area is 110 Å². The Morgan fingerprint density at radius 1 is 1.32 bits per heavy atom. The number of hydrogen-bond donors (Lipinski definition) is 2. The van der Waals surface area contributed by atoms with Crippen LogP contribution in [0.2, 0.25) is 0 Å². The third-order valence-electron chi connectivity index (χ3n) is 2.69. The average Bonchev–Trinajstić information content (AvgIpc) is 2.39. The number of rotatable bonds is 4. The van der Waals surface area contributed by atoms with Crippen LogP contribution >= 0.6 is 0 Å². The van der Waals surface area contributed by atoms with Crippen molar-refractivity contribution in [3.63, 3.8) is 0 Å². The van der Waals surface area contributed by atoms with Crippen LogP contribution in [0.3, 0.4) is 0 Å². The fourth-order valence-electron chi connectivity index (χ4n) is 1.68. The molecule has 0 saturated heterocycles. The molecule has 3 N–H and O–H groups in total. The number of ether oxygens (including phenoxy) is 1. The monoisotopic (exact) mass is 258 g/mol. The summed E-state index contributed by atoms with van der Waals surface area (Å²) in [6.45, 7) is 1.74. The van der Waals surface area contributed by atoms with Crippen LogP contribution in [0.25, 0.3) is 0 Å². The van der Waals surface area contributed by atoms with Crippen LogP contribution in [-0.2, 0) is 6.61 Å². The van der Waals surface area contributed by atoms with Crippen LogP contribution < -0.4 is 10.5 Å². The molecule has 0 aliphatic rings. The number of aromatic nitrogens is 1. The second-order valence-corrected chi connectivity index (χ2v) is 4.08. The Balaban J connectivity index is 2.32. The van der Waals surface area contributed by atoms with Crippen molar-refractivity contribution >= 4 is 5.91 Å². The van der Waals surface area contributed by atoms with Gasteiger partial charge in [0.1, 0.15) is 11.3 Å². The summed E-state index contributed by atoms with van der Waals surface area (Å²) in [5.41, 5.74) is 7.08. The molecule has 1 heterocycles. The predicted octanol–water partition coefficient (Wildman–Crippen LogP) is 1.77. The molecule has 0 unspecified atom stereocenters. The van der Waals surface area contributed by atoms with Gasteiger partial charge in [-0.25, -0.2) is 4.98 Å². The van der Waals surface area contributed by atoms with Gasteiger partial charge in [-0.05, 0) is 36.2 Å². The largest absolute Gasteiger partial charge is 0.438 e. The van der Waals surface area contributed by atoms with E-state index in [0.29, 0.717) is 11.3 Å². The van der Waals surface area contributed by atoms with Crippen LogP contribution in [0.4, 0.5) is 0 Å². The van der Waals surface area contributed by atoms with E-state index in [4.69, 9.17) is 15.6 Å². The van der Waals surface area contributed by atoms with Crippen molar-refractivity contribution in [1.29, 1.82) is 0 Å². The number of carbonyl (C=O) groups excluding carboxylic acids is 1. The number of nitrogens with two attached hydrogens (primary N) is 1. The third kappa shape index (κ3) is 2.89. The number of pyridine rings is 1. The minimum absolute atomic E-state index is 0.0322. The van der Waals surface area contributed by atoms with Crippen LogP contribution in [0.15, 0.2) is 36.5 Å². The molecule has 0 fully saturated rings.